The average Bonchev–Trinajstić information content (AvgIpc) is 3.25. The summed E-state index contributed by atoms with van der Waals surface area (Å²) in [4.78, 5) is 18.8. The summed E-state index contributed by atoms with van der Waals surface area (Å²) in [6.07, 6.45) is -2.90. The minimum atomic E-state index is -4.55. The number of halogens is 3. The normalized spacial score (nSPS) is 17.5. The quantitative estimate of drug-likeness (QED) is 0.615. The number of hydrogen-bond donors (Lipinski definition) is 0. The number of hydrogen-bond acceptors (Lipinski definition) is 5. The van der Waals surface area contributed by atoms with Gasteiger partial charge in [0.05, 0.1) is 28.0 Å². The average molecular weight is 435 g/mol. The van der Waals surface area contributed by atoms with E-state index in [0.29, 0.717) is 32.5 Å². The number of fused-ring (bicyclic) bond motifs is 1. The summed E-state index contributed by atoms with van der Waals surface area (Å²) < 4.78 is 47.8. The van der Waals surface area contributed by atoms with E-state index in [-0.39, 0.29) is 40.7 Å². The molecule has 31 heavy (non-hydrogen) atoms. The van der Waals surface area contributed by atoms with E-state index >= 15 is 0 Å². The zero-order valence-electron chi connectivity index (χ0n) is 17.7. The van der Waals surface area contributed by atoms with Gasteiger partial charge in [-0.15, -0.1) is 0 Å². The second-order valence-electron chi connectivity index (χ2n) is 8.12. The number of aryl methyl sites for hydroxylation is 4. The first-order valence-corrected chi connectivity index (χ1v) is 10.3. The lowest BCUT2D eigenvalue weighted by atomic mass is 9.92. The number of carbonyl (C=O) groups excluding carboxylic acids is 1. The predicted octanol–water partition coefficient (Wildman–Crippen LogP) is 4.16. The first kappa shape index (κ1) is 21.3. The molecule has 1 aliphatic heterocycles. The molecule has 3 aromatic heterocycles. The lowest BCUT2D eigenvalue weighted by Crippen LogP contribution is -2.39. The predicted molar refractivity (Wildman–Crippen MR) is 106 cm³/mol. The van der Waals surface area contributed by atoms with Crippen LogP contribution in [0.1, 0.15) is 53.5 Å². The summed E-state index contributed by atoms with van der Waals surface area (Å²) in [5.41, 5.74) is 1.42. The molecule has 1 fully saturated rings. The van der Waals surface area contributed by atoms with Crippen molar-refractivity contribution in [3.05, 3.63) is 40.5 Å². The van der Waals surface area contributed by atoms with Gasteiger partial charge in [-0.2, -0.15) is 18.3 Å². The van der Waals surface area contributed by atoms with Crippen molar-refractivity contribution in [1.82, 2.24) is 24.8 Å². The first-order chi connectivity index (χ1) is 14.6. The molecular formula is C21H24F3N5O2. The molecule has 166 valence electrons. The lowest BCUT2D eigenvalue weighted by molar-refractivity contribution is -0.136. The van der Waals surface area contributed by atoms with Crippen LogP contribution in [0.15, 0.2) is 16.7 Å². The molecule has 4 heterocycles. The van der Waals surface area contributed by atoms with Crippen molar-refractivity contribution in [2.45, 2.75) is 58.7 Å². The molecule has 10 heteroatoms. The molecule has 3 aromatic rings. The van der Waals surface area contributed by atoms with Gasteiger partial charge in [0.1, 0.15) is 0 Å². The molecule has 7 nitrogen and oxygen atoms in total. The van der Waals surface area contributed by atoms with Crippen molar-refractivity contribution in [1.29, 1.82) is 0 Å². The third-order valence-corrected chi connectivity index (χ3v) is 5.78. The Kier molecular flexibility index (Phi) is 5.49. The fourth-order valence-electron chi connectivity index (χ4n) is 4.25. The molecule has 0 radical (unpaired) electrons. The van der Waals surface area contributed by atoms with Crippen LogP contribution >= 0.6 is 0 Å². The van der Waals surface area contributed by atoms with Crippen molar-refractivity contribution in [2.75, 3.05) is 13.1 Å². The third-order valence-electron chi connectivity index (χ3n) is 5.78. The fourth-order valence-corrected chi connectivity index (χ4v) is 4.25. The second-order valence-corrected chi connectivity index (χ2v) is 8.12. The Labute approximate surface area is 177 Å². The number of amides is 1. The van der Waals surface area contributed by atoms with Crippen LogP contribution in [-0.4, -0.2) is 43.8 Å². The molecule has 0 aromatic carbocycles. The van der Waals surface area contributed by atoms with Gasteiger partial charge in [-0.05, 0) is 45.7 Å². The zero-order chi connectivity index (χ0) is 22.3. The molecule has 0 aliphatic carbocycles. The third kappa shape index (κ3) is 4.28. The van der Waals surface area contributed by atoms with E-state index in [2.05, 4.69) is 15.2 Å². The van der Waals surface area contributed by atoms with Crippen LogP contribution in [0.25, 0.3) is 11.1 Å². The van der Waals surface area contributed by atoms with Crippen molar-refractivity contribution in [2.24, 2.45) is 0 Å². The Morgan fingerprint density at radius 1 is 1.26 bits per heavy atom. The maximum Gasteiger partial charge on any atom is 0.417 e. The van der Waals surface area contributed by atoms with Gasteiger partial charge in [0, 0.05) is 37.7 Å². The van der Waals surface area contributed by atoms with Crippen molar-refractivity contribution in [3.63, 3.8) is 0 Å². The fraction of sp³-hybridized carbons (Fsp3) is 0.524. The summed E-state index contributed by atoms with van der Waals surface area (Å²) in [7, 11) is 0. The van der Waals surface area contributed by atoms with E-state index in [1.807, 2.05) is 19.9 Å². The van der Waals surface area contributed by atoms with Crippen LogP contribution in [0.4, 0.5) is 13.2 Å². The molecule has 0 bridgehead atoms. The van der Waals surface area contributed by atoms with Gasteiger partial charge in [0.25, 0.3) is 5.71 Å². The number of rotatable bonds is 4. The van der Waals surface area contributed by atoms with Gasteiger partial charge in [0.15, 0.2) is 0 Å². The van der Waals surface area contributed by atoms with Crippen molar-refractivity contribution in [3.8, 4) is 0 Å². The summed E-state index contributed by atoms with van der Waals surface area (Å²) >= 11 is 0. The van der Waals surface area contributed by atoms with E-state index in [1.54, 1.807) is 9.58 Å². The lowest BCUT2D eigenvalue weighted by Gasteiger charge is -2.32. The number of aromatic nitrogens is 4. The molecule has 1 saturated heterocycles. The molecule has 1 amide bonds. The molecular weight excluding hydrogens is 411 g/mol. The van der Waals surface area contributed by atoms with E-state index in [4.69, 9.17) is 4.52 Å². The van der Waals surface area contributed by atoms with Crippen LogP contribution in [0, 0.1) is 20.8 Å². The Bertz CT molecular complexity index is 1120. The van der Waals surface area contributed by atoms with Gasteiger partial charge in [-0.3, -0.25) is 9.48 Å². The highest BCUT2D eigenvalue weighted by Crippen LogP contribution is 2.38. The van der Waals surface area contributed by atoms with Crippen molar-refractivity contribution < 1.29 is 22.5 Å². The Morgan fingerprint density at radius 2 is 2.03 bits per heavy atom. The molecule has 1 aliphatic rings. The highest BCUT2D eigenvalue weighted by molar-refractivity contribution is 5.81. The molecule has 0 unspecified atom stereocenters. The maximum absolute atomic E-state index is 13.7. The highest BCUT2D eigenvalue weighted by Gasteiger charge is 2.37. The zero-order valence-corrected chi connectivity index (χ0v) is 17.7. The second kappa shape index (κ2) is 7.97. The van der Waals surface area contributed by atoms with E-state index < -0.39 is 11.7 Å². The van der Waals surface area contributed by atoms with Gasteiger partial charge < -0.3 is 9.42 Å². The minimum Gasteiger partial charge on any atom is -0.342 e. The molecule has 1 atom stereocenters. The summed E-state index contributed by atoms with van der Waals surface area (Å²) in [5.74, 6) is -0.327. The molecule has 0 spiro atoms. The van der Waals surface area contributed by atoms with Crippen LogP contribution < -0.4 is 0 Å². The van der Waals surface area contributed by atoms with Crippen LogP contribution in [0.5, 0.6) is 0 Å². The number of nitrogens with zero attached hydrogens (tertiary/aromatic N) is 5. The number of piperidine rings is 1. The Hall–Kier alpha value is -2.91. The number of alkyl halides is 3. The Balaban J connectivity index is 1.52. The molecule has 0 N–H and O–H groups in total. The smallest absolute Gasteiger partial charge is 0.342 e. The summed E-state index contributed by atoms with van der Waals surface area (Å²) in [6.45, 7) is 6.69. The van der Waals surface area contributed by atoms with Gasteiger partial charge in [-0.1, -0.05) is 5.16 Å². The number of likely N-dealkylation sites (tertiary alicyclic amines) is 1. The van der Waals surface area contributed by atoms with E-state index in [0.717, 1.165) is 17.5 Å². The largest absolute Gasteiger partial charge is 0.417 e. The van der Waals surface area contributed by atoms with E-state index in [1.165, 1.54) is 6.92 Å². The summed E-state index contributed by atoms with van der Waals surface area (Å²) in [5, 5.41) is 7.91. The minimum absolute atomic E-state index is 0.0371. The number of carbonyl (C=O) groups is 1. The van der Waals surface area contributed by atoms with Gasteiger partial charge in [0.2, 0.25) is 5.91 Å². The Morgan fingerprint density at radius 3 is 2.71 bits per heavy atom. The number of pyridine rings is 1. The first-order valence-electron chi connectivity index (χ1n) is 10.3. The highest BCUT2D eigenvalue weighted by atomic mass is 19.4. The standard InChI is InChI=1S/C21H24F3N5O2/c1-12-9-13(2)29(26-12)8-6-18(30)28-7-4-5-15(11-28)17-10-16(21(22,23)24)19-14(3)27-31-20(19)25-17/h9-10,15H,4-8,11H2,1-3H3/t15-/m1/s1. The monoisotopic (exact) mass is 435 g/mol. The van der Waals surface area contributed by atoms with Crippen LogP contribution in [-0.2, 0) is 17.5 Å². The van der Waals surface area contributed by atoms with E-state index in [9.17, 15) is 18.0 Å². The van der Waals surface area contributed by atoms with Crippen molar-refractivity contribution >= 4 is 17.0 Å². The molecule has 0 saturated carbocycles. The van der Waals surface area contributed by atoms with Gasteiger partial charge in [-0.25, -0.2) is 4.98 Å². The summed E-state index contributed by atoms with van der Waals surface area (Å²) in [6, 6.07) is 3.04. The maximum atomic E-state index is 13.7. The molecule has 4 rings (SSSR count). The van der Waals surface area contributed by atoms with Crippen LogP contribution in [0.2, 0.25) is 0 Å². The van der Waals surface area contributed by atoms with Crippen LogP contribution in [0.3, 0.4) is 0 Å². The van der Waals surface area contributed by atoms with Gasteiger partial charge >= 0.3 is 6.18 Å². The topological polar surface area (TPSA) is 77.0 Å². The SMILES string of the molecule is Cc1cc(C)n(CCC(=O)N2CCC[C@@H](c3cc(C(F)(F)F)c4c(C)noc4n3)C2)n1.